The maximum absolute atomic E-state index is 13.8. The molecule has 6 nitrogen and oxygen atoms in total. The monoisotopic (exact) mass is 474 g/mol. The van der Waals surface area contributed by atoms with Gasteiger partial charge in [0.2, 0.25) is 5.78 Å². The maximum atomic E-state index is 13.8. The number of aliphatic hydroxyl groups is 1. The van der Waals surface area contributed by atoms with E-state index in [9.17, 15) is 27.1 Å². The number of para-hydroxylation sites is 2. The average molecular weight is 475 g/mol. The molecular formula is C22H13ClF2N2O4S. The van der Waals surface area contributed by atoms with E-state index in [-0.39, 0.29) is 27.4 Å². The number of benzene rings is 3. The number of aromatic amines is 1. The predicted molar refractivity (Wildman–Crippen MR) is 116 cm³/mol. The third-order valence-electron chi connectivity index (χ3n) is 4.62. The number of hydrogen-bond acceptors (Lipinski definition) is 5. The minimum Gasteiger partial charge on any atom is -0.506 e. The SMILES string of the molecule is O=C(/C(=C(/O)c1cc(F)cc(F)c1)c1nc2ccccc2[nH]1)c1ccc(S(=O)(=O)Cl)cc1. The number of carbonyl (C=O) groups is 1. The summed E-state index contributed by atoms with van der Waals surface area (Å²) in [6, 6.07) is 13.9. The maximum Gasteiger partial charge on any atom is 0.261 e. The zero-order chi connectivity index (χ0) is 23.0. The van der Waals surface area contributed by atoms with Gasteiger partial charge in [-0.25, -0.2) is 22.2 Å². The zero-order valence-corrected chi connectivity index (χ0v) is 17.6. The fourth-order valence-electron chi connectivity index (χ4n) is 3.15. The van der Waals surface area contributed by atoms with Crippen LogP contribution in [-0.2, 0) is 9.05 Å². The van der Waals surface area contributed by atoms with Crippen LogP contribution in [0.5, 0.6) is 0 Å². The van der Waals surface area contributed by atoms with Crippen LogP contribution < -0.4 is 0 Å². The van der Waals surface area contributed by atoms with E-state index < -0.39 is 32.2 Å². The van der Waals surface area contributed by atoms with Gasteiger partial charge in [0, 0.05) is 27.9 Å². The van der Waals surface area contributed by atoms with Crippen molar-refractivity contribution < 1.29 is 27.1 Å². The normalized spacial score (nSPS) is 12.6. The van der Waals surface area contributed by atoms with Crippen molar-refractivity contribution in [2.75, 3.05) is 0 Å². The molecule has 0 aliphatic carbocycles. The first-order valence-electron chi connectivity index (χ1n) is 9.08. The Morgan fingerprint density at radius 3 is 2.16 bits per heavy atom. The first kappa shape index (κ1) is 21.7. The van der Waals surface area contributed by atoms with E-state index in [0.717, 1.165) is 24.3 Å². The number of nitrogens with zero attached hydrogens (tertiary/aromatic N) is 1. The Balaban J connectivity index is 1.91. The van der Waals surface area contributed by atoms with Gasteiger partial charge in [0.1, 0.15) is 28.8 Å². The van der Waals surface area contributed by atoms with Crippen molar-refractivity contribution in [3.63, 3.8) is 0 Å². The van der Waals surface area contributed by atoms with Crippen molar-refractivity contribution in [3.05, 3.63) is 95.3 Å². The molecule has 0 fully saturated rings. The van der Waals surface area contributed by atoms with Crippen LogP contribution in [0, 0.1) is 11.6 Å². The van der Waals surface area contributed by atoms with Gasteiger partial charge in [-0.3, -0.25) is 4.79 Å². The van der Waals surface area contributed by atoms with Gasteiger partial charge in [-0.1, -0.05) is 12.1 Å². The van der Waals surface area contributed by atoms with Crippen molar-refractivity contribution >= 4 is 47.9 Å². The summed E-state index contributed by atoms with van der Waals surface area (Å²) in [6.45, 7) is 0. The number of hydrogen-bond donors (Lipinski definition) is 2. The molecule has 0 radical (unpaired) electrons. The molecule has 2 N–H and O–H groups in total. The van der Waals surface area contributed by atoms with Crippen molar-refractivity contribution in [3.8, 4) is 0 Å². The Kier molecular flexibility index (Phi) is 5.53. The molecule has 4 aromatic rings. The first-order valence-corrected chi connectivity index (χ1v) is 11.4. The molecule has 0 saturated heterocycles. The molecule has 0 aliphatic heterocycles. The smallest absolute Gasteiger partial charge is 0.261 e. The largest absolute Gasteiger partial charge is 0.506 e. The van der Waals surface area contributed by atoms with Gasteiger partial charge in [-0.2, -0.15) is 0 Å². The van der Waals surface area contributed by atoms with Crippen LogP contribution in [0.2, 0.25) is 0 Å². The number of aliphatic hydroxyl groups excluding tert-OH is 1. The summed E-state index contributed by atoms with van der Waals surface area (Å²) in [4.78, 5) is 20.3. The van der Waals surface area contributed by atoms with Crippen LogP contribution >= 0.6 is 10.7 Å². The fraction of sp³-hybridized carbons (Fsp3) is 0. The van der Waals surface area contributed by atoms with E-state index in [0.29, 0.717) is 17.1 Å². The molecule has 0 aliphatic rings. The Morgan fingerprint density at radius 1 is 0.938 bits per heavy atom. The summed E-state index contributed by atoms with van der Waals surface area (Å²) in [6.07, 6.45) is 0. The van der Waals surface area contributed by atoms with E-state index in [4.69, 9.17) is 10.7 Å². The number of aromatic nitrogens is 2. The molecule has 0 bridgehead atoms. The van der Waals surface area contributed by atoms with Gasteiger partial charge in [0.15, 0.2) is 0 Å². The van der Waals surface area contributed by atoms with Crippen LogP contribution in [0.3, 0.4) is 0 Å². The van der Waals surface area contributed by atoms with E-state index in [1.807, 2.05) is 0 Å². The number of fused-ring (bicyclic) bond motifs is 1. The van der Waals surface area contributed by atoms with Gasteiger partial charge in [-0.15, -0.1) is 0 Å². The minimum absolute atomic E-state index is 0.00653. The van der Waals surface area contributed by atoms with E-state index in [1.165, 1.54) is 12.1 Å². The van der Waals surface area contributed by atoms with E-state index in [1.54, 1.807) is 24.3 Å². The number of ketones is 1. The number of Topliss-reactive ketones (excluding diaryl/α,β-unsaturated/α-hetero) is 1. The Hall–Kier alpha value is -3.56. The third-order valence-corrected chi connectivity index (χ3v) is 5.99. The molecular weight excluding hydrogens is 462 g/mol. The molecule has 0 unspecified atom stereocenters. The van der Waals surface area contributed by atoms with Gasteiger partial charge >= 0.3 is 0 Å². The molecule has 0 saturated carbocycles. The third kappa shape index (κ3) is 4.25. The standard InChI is InChI=1S/C22H13ClF2N2O4S/c23-32(30,31)16-7-5-12(6-8-16)20(28)19(21(29)13-9-14(24)11-15(25)10-13)22-26-17-3-1-2-4-18(17)27-22/h1-11,29H,(H,26,27)/b21-19-. The second-order valence-electron chi connectivity index (χ2n) is 6.78. The Labute approximate surface area is 185 Å². The van der Waals surface area contributed by atoms with Gasteiger partial charge < -0.3 is 10.1 Å². The second kappa shape index (κ2) is 8.18. The summed E-state index contributed by atoms with van der Waals surface area (Å²) in [7, 11) is 1.30. The van der Waals surface area contributed by atoms with Gasteiger partial charge in [0.25, 0.3) is 9.05 Å². The highest BCUT2D eigenvalue weighted by Crippen LogP contribution is 2.29. The highest BCUT2D eigenvalue weighted by atomic mass is 35.7. The summed E-state index contributed by atoms with van der Waals surface area (Å²) < 4.78 is 50.4. The number of rotatable bonds is 5. The Morgan fingerprint density at radius 2 is 1.56 bits per heavy atom. The molecule has 162 valence electrons. The van der Waals surface area contributed by atoms with Crippen LogP contribution in [-0.4, -0.2) is 29.3 Å². The number of carbonyl (C=O) groups excluding carboxylic acids is 1. The molecule has 0 atom stereocenters. The molecule has 0 spiro atoms. The van der Waals surface area contributed by atoms with Crippen LogP contribution in [0.25, 0.3) is 22.4 Å². The van der Waals surface area contributed by atoms with Crippen LogP contribution in [0.1, 0.15) is 21.7 Å². The molecule has 4 rings (SSSR count). The molecule has 10 heteroatoms. The van der Waals surface area contributed by atoms with E-state index >= 15 is 0 Å². The minimum atomic E-state index is -4.01. The highest BCUT2D eigenvalue weighted by molar-refractivity contribution is 8.13. The molecule has 1 heterocycles. The molecule has 32 heavy (non-hydrogen) atoms. The average Bonchev–Trinajstić information content (AvgIpc) is 3.16. The lowest BCUT2D eigenvalue weighted by Crippen LogP contribution is -2.08. The number of halogens is 3. The zero-order valence-electron chi connectivity index (χ0n) is 16.0. The summed E-state index contributed by atoms with van der Waals surface area (Å²) in [5.41, 5.74) is 0.427. The van der Waals surface area contributed by atoms with Crippen LogP contribution in [0.4, 0.5) is 8.78 Å². The Bertz CT molecular complexity index is 1440. The number of nitrogens with one attached hydrogen (secondary N) is 1. The highest BCUT2D eigenvalue weighted by Gasteiger charge is 2.25. The first-order chi connectivity index (χ1) is 15.1. The van der Waals surface area contributed by atoms with Crippen molar-refractivity contribution in [1.82, 2.24) is 9.97 Å². The summed E-state index contributed by atoms with van der Waals surface area (Å²) in [5.74, 6) is -3.39. The van der Waals surface area contributed by atoms with Crippen molar-refractivity contribution in [2.45, 2.75) is 4.90 Å². The number of imidazole rings is 1. The lowest BCUT2D eigenvalue weighted by atomic mass is 9.98. The van der Waals surface area contributed by atoms with Crippen molar-refractivity contribution in [2.24, 2.45) is 0 Å². The molecule has 3 aromatic carbocycles. The fourth-order valence-corrected chi connectivity index (χ4v) is 3.92. The number of allylic oxidation sites excluding steroid dienone is 1. The quantitative estimate of drug-likeness (QED) is 0.182. The lowest BCUT2D eigenvalue weighted by Gasteiger charge is -2.10. The lowest BCUT2D eigenvalue weighted by molar-refractivity contribution is 0.105. The summed E-state index contributed by atoms with van der Waals surface area (Å²) >= 11 is 0. The molecule has 0 amide bonds. The predicted octanol–water partition coefficient (Wildman–Crippen LogP) is 5.08. The summed E-state index contributed by atoms with van der Waals surface area (Å²) in [5, 5.41) is 10.9. The van der Waals surface area contributed by atoms with Gasteiger partial charge in [0.05, 0.1) is 15.9 Å². The number of H-pyrrole nitrogens is 1. The van der Waals surface area contributed by atoms with Crippen molar-refractivity contribution in [1.29, 1.82) is 0 Å². The van der Waals surface area contributed by atoms with E-state index in [2.05, 4.69) is 9.97 Å². The topological polar surface area (TPSA) is 100 Å². The van der Waals surface area contributed by atoms with Crippen LogP contribution in [0.15, 0.2) is 71.6 Å². The van der Waals surface area contributed by atoms with Gasteiger partial charge in [-0.05, 0) is 48.5 Å². The second-order valence-corrected chi connectivity index (χ2v) is 9.34. The molecule has 1 aromatic heterocycles.